The lowest BCUT2D eigenvalue weighted by Crippen LogP contribution is -2.53. The monoisotopic (exact) mass is 751 g/mol. The fourth-order valence-electron chi connectivity index (χ4n) is 11.0. The van der Waals surface area contributed by atoms with Crippen molar-refractivity contribution in [3.05, 3.63) is 47.1 Å². The van der Waals surface area contributed by atoms with Crippen LogP contribution in [0.25, 0.3) is 0 Å². The molecule has 0 heterocycles. The summed E-state index contributed by atoms with van der Waals surface area (Å²) in [6.07, 6.45) is 20.7. The third-order valence-electron chi connectivity index (χ3n) is 15.5. The van der Waals surface area contributed by atoms with Gasteiger partial charge in [-0.2, -0.15) is 0 Å². The molecule has 5 nitrogen and oxygen atoms in total. The molecule has 7 rings (SSSR count). The molecule has 0 amide bonds. The van der Waals surface area contributed by atoms with E-state index in [-0.39, 0.29) is 52.0 Å². The van der Waals surface area contributed by atoms with E-state index in [4.69, 9.17) is 18.3 Å². The second-order valence-corrected chi connectivity index (χ2v) is 31.0. The van der Waals surface area contributed by atoms with Crippen molar-refractivity contribution in [1.82, 2.24) is 0 Å². The second-order valence-electron chi connectivity index (χ2n) is 21.5. The van der Waals surface area contributed by atoms with Crippen molar-refractivity contribution >= 4 is 22.6 Å². The highest BCUT2D eigenvalue weighted by Gasteiger charge is 2.53. The fraction of sp³-hybridized carbons (Fsp3) is 0.800. The number of hydrogen-bond acceptors (Lipinski definition) is 5. The maximum Gasteiger partial charge on any atom is 0.332 e. The van der Waals surface area contributed by atoms with Crippen LogP contribution in [0, 0.1) is 29.1 Å². The van der Waals surface area contributed by atoms with E-state index in [0.29, 0.717) is 5.92 Å². The molecule has 4 bridgehead atoms. The molecule has 0 saturated heterocycles. The lowest BCUT2D eigenvalue weighted by atomic mass is 9.54. The predicted octanol–water partition coefficient (Wildman–Crippen LogP) is 12.0. The second kappa shape index (κ2) is 14.4. The fourth-order valence-corrected chi connectivity index (χ4v) is 13.6. The van der Waals surface area contributed by atoms with E-state index >= 15 is 0 Å². The summed E-state index contributed by atoms with van der Waals surface area (Å²) < 4.78 is 26.9. The number of fused-ring (bicyclic) bond motifs is 1. The lowest BCUT2D eigenvalue weighted by Gasteiger charge is -2.55. The molecule has 0 spiro atoms. The number of hydrogen-bond donors (Lipinski definition) is 0. The van der Waals surface area contributed by atoms with E-state index in [0.717, 1.165) is 81.1 Å². The third kappa shape index (κ3) is 8.15. The van der Waals surface area contributed by atoms with Gasteiger partial charge in [0, 0.05) is 6.42 Å². The molecule has 0 unspecified atom stereocenters. The number of esters is 1. The Hall–Kier alpha value is -1.26. The molecule has 0 N–H and O–H groups in total. The zero-order valence-electron chi connectivity index (χ0n) is 35.2. The van der Waals surface area contributed by atoms with Crippen LogP contribution >= 0.6 is 0 Å². The predicted molar refractivity (Wildman–Crippen MR) is 219 cm³/mol. The quantitative estimate of drug-likeness (QED) is 0.126. The molecule has 6 fully saturated rings. The van der Waals surface area contributed by atoms with Gasteiger partial charge < -0.3 is 18.3 Å². The maximum atomic E-state index is 13.2. The largest absolute Gasteiger partial charge is 0.457 e. The first-order valence-electron chi connectivity index (χ1n) is 21.0. The summed E-state index contributed by atoms with van der Waals surface area (Å²) in [6.45, 7) is 32.7. The number of rotatable bonds is 10. The van der Waals surface area contributed by atoms with Gasteiger partial charge in [-0.25, -0.2) is 4.79 Å². The summed E-state index contributed by atoms with van der Waals surface area (Å²) in [5.74, 6) is 2.56. The van der Waals surface area contributed by atoms with Crippen LogP contribution in [0.4, 0.5) is 0 Å². The minimum Gasteiger partial charge on any atom is -0.457 e. The van der Waals surface area contributed by atoms with E-state index in [1.807, 2.05) is 0 Å². The van der Waals surface area contributed by atoms with Gasteiger partial charge in [0.25, 0.3) is 0 Å². The van der Waals surface area contributed by atoms with Crippen LogP contribution in [-0.2, 0) is 23.1 Å². The highest BCUT2D eigenvalue weighted by molar-refractivity contribution is 6.74. The summed E-state index contributed by atoms with van der Waals surface area (Å²) in [5.41, 5.74) is 5.16. The van der Waals surface area contributed by atoms with Crippen molar-refractivity contribution in [2.45, 2.75) is 193 Å². The zero-order valence-corrected chi connectivity index (χ0v) is 37.2. The van der Waals surface area contributed by atoms with Crippen molar-refractivity contribution in [1.29, 1.82) is 0 Å². The average Bonchev–Trinajstić information content (AvgIpc) is 3.36. The molecule has 0 radical (unpaired) electrons. The number of carbonyl (C=O) groups excluding carboxylic acids is 1. The summed E-state index contributed by atoms with van der Waals surface area (Å²) in [4.78, 5) is 13.2. The van der Waals surface area contributed by atoms with Crippen molar-refractivity contribution < 1.29 is 23.1 Å². The van der Waals surface area contributed by atoms with Crippen LogP contribution in [-0.4, -0.2) is 53.1 Å². The summed E-state index contributed by atoms with van der Waals surface area (Å²) in [5, 5.41) is 0.278. The molecule has 292 valence electrons. The Labute approximate surface area is 320 Å². The molecular weight excluding hydrogens is 677 g/mol. The van der Waals surface area contributed by atoms with Gasteiger partial charge in [0.1, 0.15) is 12.2 Å². The minimum absolute atomic E-state index is 0.0157. The van der Waals surface area contributed by atoms with E-state index in [9.17, 15) is 4.79 Å². The number of carbonyl (C=O) groups is 1. The minimum atomic E-state index is -2.02. The molecule has 5 atom stereocenters. The molecule has 0 aromatic heterocycles. The standard InChI is InChI=1S/C45H74O5Si2/c1-30-36(24-37(49-51(10,11)42(3,4)5)25-40(30)50-52(12,13)43(6,7)8)17-16-35-15-14-20-44(9)38(18-19-39(35)44)31(2)47-29-41(46)48-45-26-32-21-33(27-45)23-34(22-32)28-45/h16-18,31-34,37,39-40H,1,14-15,19-29H2,2-13H3/t31-,32?,33?,34?,37+,39-,40-,44+,45?/m0/s1. The topological polar surface area (TPSA) is 54.0 Å². The lowest BCUT2D eigenvalue weighted by molar-refractivity contribution is -0.191. The van der Waals surface area contributed by atoms with Crippen LogP contribution < -0.4 is 0 Å². The zero-order chi connectivity index (χ0) is 38.1. The molecule has 0 aromatic rings. The van der Waals surface area contributed by atoms with Gasteiger partial charge >= 0.3 is 5.97 Å². The molecule has 7 aliphatic rings. The van der Waals surface area contributed by atoms with Crippen molar-refractivity contribution in [3.8, 4) is 0 Å². The Morgan fingerprint density at radius 3 is 2.08 bits per heavy atom. The van der Waals surface area contributed by atoms with Crippen LogP contribution in [0.5, 0.6) is 0 Å². The van der Waals surface area contributed by atoms with Gasteiger partial charge in [-0.1, -0.05) is 78.8 Å². The van der Waals surface area contributed by atoms with E-state index in [1.54, 1.807) is 0 Å². The first-order valence-corrected chi connectivity index (χ1v) is 26.8. The van der Waals surface area contributed by atoms with Gasteiger partial charge in [-0.15, -0.1) is 0 Å². The first kappa shape index (κ1) is 40.4. The SMILES string of the molecule is C=C1C(=CC=C2CCC[C@]3(C)C([C@H](C)OCC(=O)OC45CC6CC(CC(C6)C4)C5)=CC[C@@H]23)C[C@@H](O[Si](C)(C)C(C)(C)C)C[C@@H]1O[Si](C)(C)C(C)(C)C. The van der Waals surface area contributed by atoms with Crippen LogP contribution in [0.15, 0.2) is 47.1 Å². The number of ether oxygens (including phenoxy) is 2. The Morgan fingerprint density at radius 2 is 1.50 bits per heavy atom. The van der Waals surface area contributed by atoms with E-state index in [1.165, 1.54) is 36.0 Å². The molecular formula is C45H74O5Si2. The molecule has 6 saturated carbocycles. The van der Waals surface area contributed by atoms with Gasteiger partial charge in [0.05, 0.1) is 18.3 Å². The molecule has 52 heavy (non-hydrogen) atoms. The van der Waals surface area contributed by atoms with Crippen molar-refractivity contribution in [3.63, 3.8) is 0 Å². The normalized spacial score (nSPS) is 37.4. The Bertz CT molecular complexity index is 1440. The average molecular weight is 751 g/mol. The van der Waals surface area contributed by atoms with Crippen LogP contribution in [0.2, 0.25) is 36.3 Å². The summed E-state index contributed by atoms with van der Waals surface area (Å²) in [6, 6.07) is 0. The molecule has 0 aromatic carbocycles. The van der Waals surface area contributed by atoms with Crippen LogP contribution in [0.3, 0.4) is 0 Å². The summed E-state index contributed by atoms with van der Waals surface area (Å²) >= 11 is 0. The highest BCUT2D eigenvalue weighted by Crippen LogP contribution is 2.58. The Kier molecular flexibility index (Phi) is 11.2. The van der Waals surface area contributed by atoms with Crippen LogP contribution in [0.1, 0.15) is 132 Å². The van der Waals surface area contributed by atoms with Gasteiger partial charge in [-0.05, 0) is 160 Å². The number of allylic oxidation sites excluding steroid dienone is 4. The maximum absolute atomic E-state index is 13.2. The van der Waals surface area contributed by atoms with Crippen molar-refractivity contribution in [2.75, 3.05) is 6.61 Å². The summed E-state index contributed by atoms with van der Waals surface area (Å²) in [7, 11) is -3.99. The van der Waals surface area contributed by atoms with Gasteiger partial charge in [0.15, 0.2) is 16.6 Å². The third-order valence-corrected chi connectivity index (χ3v) is 24.6. The Morgan fingerprint density at radius 1 is 0.923 bits per heavy atom. The molecule has 7 heteroatoms. The highest BCUT2D eigenvalue weighted by atomic mass is 28.4. The molecule has 7 aliphatic carbocycles. The van der Waals surface area contributed by atoms with E-state index < -0.39 is 16.6 Å². The smallest absolute Gasteiger partial charge is 0.332 e. The molecule has 0 aliphatic heterocycles. The van der Waals surface area contributed by atoms with E-state index in [2.05, 4.69) is 106 Å². The first-order chi connectivity index (χ1) is 24.0. The Balaban J connectivity index is 1.13. The van der Waals surface area contributed by atoms with Gasteiger partial charge in [-0.3, -0.25) is 0 Å². The van der Waals surface area contributed by atoms with Gasteiger partial charge in [0.2, 0.25) is 0 Å². The van der Waals surface area contributed by atoms with Crippen molar-refractivity contribution in [2.24, 2.45) is 29.1 Å².